The van der Waals surface area contributed by atoms with Crippen LogP contribution in [0, 0.1) is 27.7 Å². The van der Waals surface area contributed by atoms with Crippen molar-refractivity contribution >= 4 is 129 Å². The molecule has 0 spiro atoms. The van der Waals surface area contributed by atoms with Gasteiger partial charge in [0.05, 0.1) is 22.1 Å². The molecule has 0 unspecified atom stereocenters. The molecule has 0 N–H and O–H groups in total. The lowest BCUT2D eigenvalue weighted by Crippen LogP contribution is -1.95. The highest BCUT2D eigenvalue weighted by molar-refractivity contribution is 9.11. The third-order valence-electron chi connectivity index (χ3n) is 7.54. The molecule has 0 aliphatic rings. The van der Waals surface area contributed by atoms with E-state index in [-0.39, 0.29) is 0 Å². The molecule has 4 aromatic carbocycles. The van der Waals surface area contributed by atoms with E-state index >= 15 is 0 Å². The summed E-state index contributed by atoms with van der Waals surface area (Å²) in [4.78, 5) is 19.1. The van der Waals surface area contributed by atoms with E-state index in [0.29, 0.717) is 0 Å². The van der Waals surface area contributed by atoms with Crippen molar-refractivity contribution in [3.63, 3.8) is 0 Å². The summed E-state index contributed by atoms with van der Waals surface area (Å²) in [5.74, 6) is 0. The Morgan fingerprint density at radius 2 is 0.550 bits per heavy atom. The Bertz CT molecular complexity index is 1990. The summed E-state index contributed by atoms with van der Waals surface area (Å²) < 4.78 is 4.17. The van der Waals surface area contributed by atoms with Crippen LogP contribution in [0.4, 0.5) is 0 Å². The fourth-order valence-corrected chi connectivity index (χ4v) is 7.66. The van der Waals surface area contributed by atoms with Crippen molar-refractivity contribution < 1.29 is 0 Å². The van der Waals surface area contributed by atoms with Gasteiger partial charge in [-0.3, -0.25) is 19.9 Å². The van der Waals surface area contributed by atoms with E-state index in [2.05, 4.69) is 140 Å². The van der Waals surface area contributed by atoms with Crippen LogP contribution in [0.3, 0.4) is 0 Å². The molecule has 0 radical (unpaired) electrons. The zero-order valence-corrected chi connectivity index (χ0v) is 28.3. The molecule has 0 aliphatic carbocycles. The van der Waals surface area contributed by atoms with Gasteiger partial charge in [0.25, 0.3) is 0 Å². The highest BCUT2D eigenvalue weighted by atomic mass is 79.9. The molecule has 8 aromatic rings. The Labute approximate surface area is 263 Å². The minimum atomic E-state index is 1.03. The molecular formula is C32H20Br4N4. The first-order valence-corrected chi connectivity index (χ1v) is 15.8. The maximum atomic E-state index is 4.77. The lowest BCUT2D eigenvalue weighted by atomic mass is 9.98. The molecule has 0 fully saturated rings. The number of benzene rings is 4. The van der Waals surface area contributed by atoms with Crippen LogP contribution in [0.2, 0.25) is 0 Å². The Hall–Kier alpha value is -2.52. The van der Waals surface area contributed by atoms with E-state index < -0.39 is 0 Å². The first-order chi connectivity index (χ1) is 19.1. The van der Waals surface area contributed by atoms with Crippen LogP contribution in [-0.2, 0) is 0 Å². The highest BCUT2D eigenvalue weighted by Gasteiger charge is 2.17. The molecule has 40 heavy (non-hydrogen) atoms. The average Bonchev–Trinajstić information content (AvgIpc) is 2.87. The number of hydrogen-bond acceptors (Lipinski definition) is 4. The molecule has 196 valence electrons. The molecule has 4 heterocycles. The summed E-state index contributed by atoms with van der Waals surface area (Å²) in [6, 6.07) is 16.8. The summed E-state index contributed by atoms with van der Waals surface area (Å²) in [5, 5.41) is 9.52. The standard InChI is InChI=1S/2C16H10Br2N2/c2*1-7-11-3-9(17)6-14-15(11)16-12(8(2)20-14)4-10(18)5-13(16)19-7/h2*3-6H,1-2H3. The fraction of sp³-hybridized carbons (Fsp3) is 0.125. The molecular weight excluding hydrogens is 760 g/mol. The second-order valence-corrected chi connectivity index (χ2v) is 13.8. The van der Waals surface area contributed by atoms with Crippen LogP contribution in [-0.4, -0.2) is 19.9 Å². The normalized spacial score (nSPS) is 12.0. The Balaban J connectivity index is 0.000000132. The van der Waals surface area contributed by atoms with E-state index in [0.717, 1.165) is 62.7 Å². The summed E-state index contributed by atoms with van der Waals surface area (Å²) in [7, 11) is 0. The second kappa shape index (κ2) is 9.51. The topological polar surface area (TPSA) is 51.6 Å². The lowest BCUT2D eigenvalue weighted by molar-refractivity contribution is 1.26. The molecule has 8 heteroatoms. The van der Waals surface area contributed by atoms with Crippen molar-refractivity contribution in [2.24, 2.45) is 0 Å². The van der Waals surface area contributed by atoms with Crippen LogP contribution in [0.25, 0.3) is 65.2 Å². The first-order valence-electron chi connectivity index (χ1n) is 12.7. The first kappa shape index (κ1) is 26.4. The smallest absolute Gasteiger partial charge is 0.0730 e. The number of halogens is 4. The van der Waals surface area contributed by atoms with E-state index in [1.54, 1.807) is 0 Å². The molecule has 0 bridgehead atoms. The zero-order chi connectivity index (χ0) is 28.0. The third-order valence-corrected chi connectivity index (χ3v) is 9.37. The third kappa shape index (κ3) is 4.10. The van der Waals surface area contributed by atoms with Gasteiger partial charge >= 0.3 is 0 Å². The van der Waals surface area contributed by atoms with Crippen molar-refractivity contribution in [3.05, 3.63) is 89.2 Å². The SMILES string of the molecule is Cc1nc2cc(Br)cc3c(C)nc4cc(Br)cc1c4c23.Cc1nc2cc(Br)cc3c(C)nc4cc(Br)cc1c4c23. The maximum absolute atomic E-state index is 4.77. The molecule has 4 aromatic heterocycles. The van der Waals surface area contributed by atoms with Gasteiger partial charge in [0.1, 0.15) is 0 Å². The van der Waals surface area contributed by atoms with E-state index in [4.69, 9.17) is 19.9 Å². The molecule has 0 amide bonds. The second-order valence-electron chi connectivity index (χ2n) is 10.2. The molecule has 0 atom stereocenters. The number of rotatable bonds is 0. The van der Waals surface area contributed by atoms with Gasteiger partial charge in [-0.1, -0.05) is 63.7 Å². The minimum Gasteiger partial charge on any atom is -0.252 e. The number of pyridine rings is 4. The van der Waals surface area contributed by atoms with Gasteiger partial charge in [-0.05, 0) is 76.2 Å². The molecule has 0 saturated carbocycles. The summed E-state index contributed by atoms with van der Waals surface area (Å²) >= 11 is 14.3. The summed E-state index contributed by atoms with van der Waals surface area (Å²) in [6.45, 7) is 8.21. The monoisotopic (exact) mass is 776 g/mol. The van der Waals surface area contributed by atoms with Gasteiger partial charge in [-0.25, -0.2) is 0 Å². The number of aromatic nitrogens is 4. The highest BCUT2D eigenvalue weighted by Crippen LogP contribution is 2.39. The molecule has 0 saturated heterocycles. The Morgan fingerprint density at radius 3 is 0.750 bits per heavy atom. The predicted octanol–water partition coefficient (Wildman–Crippen LogP) is 11.0. The summed E-state index contributed by atoms with van der Waals surface area (Å²) in [5.41, 5.74) is 8.24. The van der Waals surface area contributed by atoms with Gasteiger partial charge < -0.3 is 0 Å². The van der Waals surface area contributed by atoms with Gasteiger partial charge in [-0.15, -0.1) is 0 Å². The van der Waals surface area contributed by atoms with Crippen LogP contribution in [0.5, 0.6) is 0 Å². The van der Waals surface area contributed by atoms with Crippen LogP contribution in [0.1, 0.15) is 22.8 Å². The van der Waals surface area contributed by atoms with Crippen molar-refractivity contribution in [1.82, 2.24) is 19.9 Å². The zero-order valence-electron chi connectivity index (χ0n) is 21.9. The van der Waals surface area contributed by atoms with Crippen molar-refractivity contribution in [3.8, 4) is 0 Å². The van der Waals surface area contributed by atoms with Gasteiger partial charge in [0, 0.05) is 83.8 Å². The average molecular weight is 780 g/mol. The van der Waals surface area contributed by atoms with Crippen molar-refractivity contribution in [2.45, 2.75) is 27.7 Å². The van der Waals surface area contributed by atoms with Gasteiger partial charge in [0.15, 0.2) is 0 Å². The predicted molar refractivity (Wildman–Crippen MR) is 181 cm³/mol. The van der Waals surface area contributed by atoms with E-state index in [9.17, 15) is 0 Å². The van der Waals surface area contributed by atoms with E-state index in [1.807, 2.05) is 0 Å². The molecule has 8 rings (SSSR count). The van der Waals surface area contributed by atoms with E-state index in [1.165, 1.54) is 43.1 Å². The van der Waals surface area contributed by atoms with Gasteiger partial charge in [0.2, 0.25) is 0 Å². The number of nitrogens with zero attached hydrogens (tertiary/aromatic N) is 4. The van der Waals surface area contributed by atoms with Crippen molar-refractivity contribution in [2.75, 3.05) is 0 Å². The van der Waals surface area contributed by atoms with Crippen LogP contribution < -0.4 is 0 Å². The van der Waals surface area contributed by atoms with Crippen LogP contribution >= 0.6 is 63.7 Å². The number of aryl methyl sites for hydroxylation is 4. The quantitative estimate of drug-likeness (QED) is 0.144. The maximum Gasteiger partial charge on any atom is 0.0730 e. The lowest BCUT2D eigenvalue weighted by Gasteiger charge is -2.14. The van der Waals surface area contributed by atoms with Crippen LogP contribution in [0.15, 0.2) is 66.4 Å². The Kier molecular flexibility index (Phi) is 6.27. The fourth-order valence-electron chi connectivity index (χ4n) is 5.88. The summed E-state index contributed by atoms with van der Waals surface area (Å²) in [6.07, 6.45) is 0. The number of hydrogen-bond donors (Lipinski definition) is 0. The Morgan fingerprint density at radius 1 is 0.350 bits per heavy atom. The largest absolute Gasteiger partial charge is 0.252 e. The molecule has 0 aliphatic heterocycles. The molecule has 4 nitrogen and oxygen atoms in total. The minimum absolute atomic E-state index is 1.03. The van der Waals surface area contributed by atoms with Crippen molar-refractivity contribution in [1.29, 1.82) is 0 Å². The van der Waals surface area contributed by atoms with Gasteiger partial charge in [-0.2, -0.15) is 0 Å².